The lowest BCUT2D eigenvalue weighted by Crippen LogP contribution is -2.43. The molecule has 1 heterocycles. The van der Waals surface area contributed by atoms with Gasteiger partial charge in [-0.15, -0.1) is 0 Å². The summed E-state index contributed by atoms with van der Waals surface area (Å²) in [5, 5.41) is 22.2. The number of rotatable bonds is 1. The topological polar surface area (TPSA) is 73.1 Å². The maximum absolute atomic E-state index is 12.3. The summed E-state index contributed by atoms with van der Waals surface area (Å²) >= 11 is 5.74. The van der Waals surface area contributed by atoms with Crippen LogP contribution in [0, 0.1) is 5.92 Å². The first-order valence-electron chi connectivity index (χ1n) is 6.01. The molecule has 1 atom stereocenters. The average molecular weight is 283 g/mol. The Bertz CT molecular complexity index is 531. The Hall–Kier alpha value is -1.75. The third-order valence-electron chi connectivity index (χ3n) is 3.31. The molecule has 1 fully saturated rings. The highest BCUT2D eigenvalue weighted by atomic mass is 35.5. The van der Waals surface area contributed by atoms with E-state index in [0.29, 0.717) is 30.2 Å². The quantitative estimate of drug-likeness (QED) is 0.613. The van der Waals surface area contributed by atoms with Gasteiger partial charge in [-0.2, -0.15) is 0 Å². The number of likely N-dealkylation sites (tertiary alicyclic amines) is 1. The van der Waals surface area contributed by atoms with E-state index in [1.807, 2.05) is 6.92 Å². The van der Waals surface area contributed by atoms with Crippen LogP contribution in [0.4, 0.5) is 0 Å². The molecule has 19 heavy (non-hydrogen) atoms. The van der Waals surface area contributed by atoms with Crippen molar-refractivity contribution in [1.29, 1.82) is 0 Å². The van der Waals surface area contributed by atoms with Gasteiger partial charge in [-0.1, -0.05) is 23.7 Å². The number of hydrogen-bond donors (Lipinski definition) is 2. The molecule has 102 valence electrons. The lowest BCUT2D eigenvalue weighted by atomic mass is 9.97. The molecule has 0 bridgehead atoms. The fourth-order valence-electron chi connectivity index (χ4n) is 2.21. The van der Waals surface area contributed by atoms with Gasteiger partial charge < -0.3 is 15.2 Å². The van der Waals surface area contributed by atoms with Crippen molar-refractivity contribution in [3.8, 4) is 5.75 Å². The summed E-state index contributed by atoms with van der Waals surface area (Å²) in [6.45, 7) is 2.85. The zero-order valence-corrected chi connectivity index (χ0v) is 11.3. The lowest BCUT2D eigenvalue weighted by molar-refractivity contribution is 0.0731. The standard InChI is InChI=1S/C13H15ClN2O3/c1-8-7-16(5-4-11(8)15-19)13(18)10-3-2-9(14)6-12(10)17/h2-3,6,8,17,19H,4-5,7H2,1H3/b15-11+. The number of carbonyl (C=O) groups excluding carboxylic acids is 1. The van der Waals surface area contributed by atoms with Crippen LogP contribution >= 0.6 is 11.6 Å². The van der Waals surface area contributed by atoms with Gasteiger partial charge >= 0.3 is 0 Å². The highest BCUT2D eigenvalue weighted by Gasteiger charge is 2.27. The molecule has 0 spiro atoms. The van der Waals surface area contributed by atoms with E-state index in [2.05, 4.69) is 5.16 Å². The van der Waals surface area contributed by atoms with Gasteiger partial charge in [0.1, 0.15) is 5.75 Å². The minimum absolute atomic E-state index is 0.0112. The number of benzene rings is 1. The van der Waals surface area contributed by atoms with Crippen LogP contribution in [0.25, 0.3) is 0 Å². The van der Waals surface area contributed by atoms with E-state index in [0.717, 1.165) is 0 Å². The van der Waals surface area contributed by atoms with Crippen molar-refractivity contribution in [3.05, 3.63) is 28.8 Å². The SMILES string of the molecule is CC1CN(C(=O)c2ccc(Cl)cc2O)CC/C1=N\O. The molecule has 1 aliphatic rings. The summed E-state index contributed by atoms with van der Waals surface area (Å²) in [6.07, 6.45) is 0.539. The molecule has 1 unspecified atom stereocenters. The van der Waals surface area contributed by atoms with Gasteiger partial charge in [0, 0.05) is 30.5 Å². The van der Waals surface area contributed by atoms with Crippen molar-refractivity contribution >= 4 is 23.2 Å². The third-order valence-corrected chi connectivity index (χ3v) is 3.54. The lowest BCUT2D eigenvalue weighted by Gasteiger charge is -2.31. The van der Waals surface area contributed by atoms with Crippen LogP contribution in [0.15, 0.2) is 23.4 Å². The molecule has 2 rings (SSSR count). The number of phenols is 1. The Kier molecular flexibility index (Phi) is 3.95. The number of oxime groups is 1. The van der Waals surface area contributed by atoms with E-state index in [4.69, 9.17) is 16.8 Å². The molecule has 0 aliphatic carbocycles. The number of carbonyl (C=O) groups is 1. The van der Waals surface area contributed by atoms with Crippen molar-refractivity contribution < 1.29 is 15.1 Å². The normalized spacial score (nSPS) is 21.7. The number of piperidine rings is 1. The van der Waals surface area contributed by atoms with E-state index >= 15 is 0 Å². The van der Waals surface area contributed by atoms with E-state index < -0.39 is 0 Å². The second-order valence-corrected chi connectivity index (χ2v) is 5.09. The predicted octanol–water partition coefficient (Wildman–Crippen LogP) is 2.36. The van der Waals surface area contributed by atoms with E-state index in [-0.39, 0.29) is 23.1 Å². The molecule has 0 radical (unpaired) electrons. The first kappa shape index (κ1) is 13.7. The molecule has 1 aromatic carbocycles. The molecule has 1 saturated heterocycles. The smallest absolute Gasteiger partial charge is 0.257 e. The number of halogens is 1. The Morgan fingerprint density at radius 1 is 1.53 bits per heavy atom. The van der Waals surface area contributed by atoms with E-state index in [1.165, 1.54) is 12.1 Å². The second-order valence-electron chi connectivity index (χ2n) is 4.66. The predicted molar refractivity (Wildman–Crippen MR) is 72.0 cm³/mol. The van der Waals surface area contributed by atoms with Gasteiger partial charge in [-0.05, 0) is 18.2 Å². The number of aromatic hydroxyl groups is 1. The molecule has 1 aromatic rings. The maximum Gasteiger partial charge on any atom is 0.257 e. The number of hydrogen-bond acceptors (Lipinski definition) is 4. The van der Waals surface area contributed by atoms with Gasteiger partial charge in [0.2, 0.25) is 0 Å². The Balaban J connectivity index is 2.17. The molecule has 0 saturated carbocycles. The summed E-state index contributed by atoms with van der Waals surface area (Å²) < 4.78 is 0. The summed E-state index contributed by atoms with van der Waals surface area (Å²) in [5.74, 6) is -0.345. The number of nitrogens with zero attached hydrogens (tertiary/aromatic N) is 2. The van der Waals surface area contributed by atoms with Crippen molar-refractivity contribution in [2.75, 3.05) is 13.1 Å². The molecular weight excluding hydrogens is 268 g/mol. The molecule has 6 heteroatoms. The Morgan fingerprint density at radius 3 is 2.84 bits per heavy atom. The average Bonchev–Trinajstić information content (AvgIpc) is 2.38. The van der Waals surface area contributed by atoms with E-state index in [1.54, 1.807) is 11.0 Å². The van der Waals surface area contributed by atoms with Gasteiger partial charge in [-0.3, -0.25) is 4.79 Å². The van der Waals surface area contributed by atoms with Crippen LogP contribution in [-0.2, 0) is 0 Å². The van der Waals surface area contributed by atoms with Gasteiger partial charge in [0.15, 0.2) is 0 Å². The maximum atomic E-state index is 12.3. The molecule has 0 aromatic heterocycles. The Morgan fingerprint density at radius 2 is 2.26 bits per heavy atom. The first-order valence-corrected chi connectivity index (χ1v) is 6.39. The fourth-order valence-corrected chi connectivity index (χ4v) is 2.38. The summed E-state index contributed by atoms with van der Waals surface area (Å²) in [6, 6.07) is 4.44. The highest BCUT2D eigenvalue weighted by molar-refractivity contribution is 6.30. The Labute approximate surface area is 116 Å². The minimum atomic E-state index is -0.238. The van der Waals surface area contributed by atoms with Gasteiger partial charge in [0.05, 0.1) is 11.3 Å². The zero-order chi connectivity index (χ0) is 14.0. The van der Waals surface area contributed by atoms with Crippen molar-refractivity contribution in [2.24, 2.45) is 11.1 Å². The minimum Gasteiger partial charge on any atom is -0.507 e. The van der Waals surface area contributed by atoms with Crippen LogP contribution < -0.4 is 0 Å². The number of phenolic OH excluding ortho intramolecular Hbond substituents is 1. The van der Waals surface area contributed by atoms with Crippen LogP contribution in [0.3, 0.4) is 0 Å². The third kappa shape index (κ3) is 2.81. The monoisotopic (exact) mass is 282 g/mol. The van der Waals surface area contributed by atoms with Crippen molar-refractivity contribution in [2.45, 2.75) is 13.3 Å². The van der Waals surface area contributed by atoms with Crippen molar-refractivity contribution in [3.63, 3.8) is 0 Å². The second kappa shape index (κ2) is 5.48. The summed E-state index contributed by atoms with van der Waals surface area (Å²) in [4.78, 5) is 13.9. The molecule has 2 N–H and O–H groups in total. The van der Waals surface area contributed by atoms with Crippen LogP contribution in [0.2, 0.25) is 5.02 Å². The highest BCUT2D eigenvalue weighted by Crippen LogP contribution is 2.25. The van der Waals surface area contributed by atoms with Crippen LogP contribution in [-0.4, -0.2) is 39.9 Å². The molecular formula is C13H15ClN2O3. The summed E-state index contributed by atoms with van der Waals surface area (Å²) in [5.41, 5.74) is 0.936. The van der Waals surface area contributed by atoms with Gasteiger partial charge in [-0.25, -0.2) is 0 Å². The largest absolute Gasteiger partial charge is 0.507 e. The summed E-state index contributed by atoms with van der Waals surface area (Å²) in [7, 11) is 0. The number of amides is 1. The van der Waals surface area contributed by atoms with Crippen LogP contribution in [0.5, 0.6) is 5.75 Å². The first-order chi connectivity index (χ1) is 9.02. The van der Waals surface area contributed by atoms with E-state index in [9.17, 15) is 9.90 Å². The zero-order valence-electron chi connectivity index (χ0n) is 10.5. The molecule has 1 aliphatic heterocycles. The van der Waals surface area contributed by atoms with Crippen LogP contribution in [0.1, 0.15) is 23.7 Å². The fraction of sp³-hybridized carbons (Fsp3) is 0.385. The van der Waals surface area contributed by atoms with Crippen molar-refractivity contribution in [1.82, 2.24) is 4.90 Å². The van der Waals surface area contributed by atoms with Gasteiger partial charge in [0.25, 0.3) is 5.91 Å². The molecule has 5 nitrogen and oxygen atoms in total. The molecule has 1 amide bonds.